The van der Waals surface area contributed by atoms with Crippen molar-refractivity contribution < 1.29 is 0 Å². The van der Waals surface area contributed by atoms with Gasteiger partial charge in [0.15, 0.2) is 0 Å². The molecule has 2 heteroatoms. The Morgan fingerprint density at radius 3 is 2.28 bits per heavy atom. The Bertz CT molecular complexity index is 523. The van der Waals surface area contributed by atoms with E-state index in [1.807, 2.05) is 37.4 Å². The van der Waals surface area contributed by atoms with E-state index < -0.39 is 0 Å². The van der Waals surface area contributed by atoms with E-state index >= 15 is 0 Å². The SMILES string of the molecule is CNC(Cc1ccc(C#N)cc1)c1ccccc1. The summed E-state index contributed by atoms with van der Waals surface area (Å²) in [5.41, 5.74) is 3.22. The van der Waals surface area contributed by atoms with Crippen LogP contribution in [0.3, 0.4) is 0 Å². The minimum absolute atomic E-state index is 0.305. The van der Waals surface area contributed by atoms with E-state index in [9.17, 15) is 0 Å². The second kappa shape index (κ2) is 6.00. The number of likely N-dealkylation sites (N-methyl/N-ethyl adjacent to an activating group) is 1. The van der Waals surface area contributed by atoms with Crippen LogP contribution in [-0.4, -0.2) is 7.05 Å². The number of benzene rings is 2. The Balaban J connectivity index is 2.13. The molecule has 0 aliphatic rings. The standard InChI is InChI=1S/C16H16N2/c1-18-16(15-5-3-2-4-6-15)11-13-7-9-14(12-17)10-8-13/h2-10,16,18H,11H2,1H3. The predicted molar refractivity (Wildman–Crippen MR) is 73.1 cm³/mol. The summed E-state index contributed by atoms with van der Waals surface area (Å²) in [5.74, 6) is 0. The van der Waals surface area contributed by atoms with Gasteiger partial charge in [-0.25, -0.2) is 0 Å². The lowest BCUT2D eigenvalue weighted by atomic mass is 9.98. The van der Waals surface area contributed by atoms with Crippen molar-refractivity contribution >= 4 is 0 Å². The van der Waals surface area contributed by atoms with Crippen molar-refractivity contribution in [3.8, 4) is 6.07 Å². The van der Waals surface area contributed by atoms with Gasteiger partial charge in [0.2, 0.25) is 0 Å². The molecule has 0 radical (unpaired) electrons. The van der Waals surface area contributed by atoms with Gasteiger partial charge in [0.25, 0.3) is 0 Å². The van der Waals surface area contributed by atoms with Gasteiger partial charge < -0.3 is 5.32 Å². The third-order valence-corrected chi connectivity index (χ3v) is 3.07. The molecule has 1 atom stereocenters. The fourth-order valence-electron chi connectivity index (χ4n) is 2.02. The van der Waals surface area contributed by atoms with Gasteiger partial charge in [-0.2, -0.15) is 5.26 Å². The molecule has 2 rings (SSSR count). The van der Waals surface area contributed by atoms with Crippen molar-refractivity contribution in [2.24, 2.45) is 0 Å². The number of nitrogens with zero attached hydrogens (tertiary/aromatic N) is 1. The maximum Gasteiger partial charge on any atom is 0.0991 e. The Morgan fingerprint density at radius 2 is 1.72 bits per heavy atom. The van der Waals surface area contributed by atoms with Crippen molar-refractivity contribution in [2.75, 3.05) is 7.05 Å². The van der Waals surface area contributed by atoms with Crippen molar-refractivity contribution in [1.82, 2.24) is 5.32 Å². The topological polar surface area (TPSA) is 35.8 Å². The third-order valence-electron chi connectivity index (χ3n) is 3.07. The van der Waals surface area contributed by atoms with Gasteiger partial charge in [0.1, 0.15) is 0 Å². The summed E-state index contributed by atoms with van der Waals surface area (Å²) in [6, 6.07) is 20.6. The number of rotatable bonds is 4. The number of nitriles is 1. The van der Waals surface area contributed by atoms with Gasteiger partial charge in [-0.05, 0) is 36.7 Å². The molecule has 2 nitrogen and oxygen atoms in total. The van der Waals surface area contributed by atoms with E-state index in [2.05, 4.69) is 35.7 Å². The zero-order chi connectivity index (χ0) is 12.8. The van der Waals surface area contributed by atoms with E-state index in [1.165, 1.54) is 11.1 Å². The maximum atomic E-state index is 8.77. The summed E-state index contributed by atoms with van der Waals surface area (Å²) in [7, 11) is 1.97. The molecule has 90 valence electrons. The highest BCUT2D eigenvalue weighted by Crippen LogP contribution is 2.18. The van der Waals surface area contributed by atoms with E-state index in [0.717, 1.165) is 6.42 Å². The van der Waals surface area contributed by atoms with Crippen LogP contribution in [-0.2, 0) is 6.42 Å². The average Bonchev–Trinajstić information content (AvgIpc) is 2.46. The minimum atomic E-state index is 0.305. The first kappa shape index (κ1) is 12.3. The van der Waals surface area contributed by atoms with Gasteiger partial charge in [-0.15, -0.1) is 0 Å². The molecule has 0 aliphatic carbocycles. The van der Waals surface area contributed by atoms with Crippen LogP contribution in [0.5, 0.6) is 0 Å². The Labute approximate surface area is 108 Å². The molecule has 0 heterocycles. The molecule has 0 aromatic heterocycles. The zero-order valence-corrected chi connectivity index (χ0v) is 10.4. The number of hydrogen-bond donors (Lipinski definition) is 1. The second-order valence-electron chi connectivity index (χ2n) is 4.26. The predicted octanol–water partition coefficient (Wildman–Crippen LogP) is 3.06. The van der Waals surface area contributed by atoms with Gasteiger partial charge in [-0.1, -0.05) is 42.5 Å². The smallest absolute Gasteiger partial charge is 0.0991 e. The summed E-state index contributed by atoms with van der Waals surface area (Å²) in [6.45, 7) is 0. The van der Waals surface area contributed by atoms with Crippen LogP contribution in [0.2, 0.25) is 0 Å². The molecule has 2 aromatic carbocycles. The largest absolute Gasteiger partial charge is 0.313 e. The van der Waals surface area contributed by atoms with E-state index in [4.69, 9.17) is 5.26 Å². The molecular formula is C16H16N2. The molecule has 0 spiro atoms. The monoisotopic (exact) mass is 236 g/mol. The van der Waals surface area contributed by atoms with Crippen LogP contribution >= 0.6 is 0 Å². The minimum Gasteiger partial charge on any atom is -0.313 e. The lowest BCUT2D eigenvalue weighted by Crippen LogP contribution is -2.18. The van der Waals surface area contributed by atoms with Crippen molar-refractivity contribution in [2.45, 2.75) is 12.5 Å². The molecule has 0 fully saturated rings. The Kier molecular flexibility index (Phi) is 4.11. The first-order chi connectivity index (χ1) is 8.83. The highest BCUT2D eigenvalue weighted by molar-refractivity contribution is 5.32. The Morgan fingerprint density at radius 1 is 1.06 bits per heavy atom. The molecule has 2 aromatic rings. The number of nitrogens with one attached hydrogen (secondary N) is 1. The third kappa shape index (κ3) is 2.97. The van der Waals surface area contributed by atoms with Crippen molar-refractivity contribution in [3.05, 3.63) is 71.3 Å². The first-order valence-corrected chi connectivity index (χ1v) is 6.04. The maximum absolute atomic E-state index is 8.77. The summed E-state index contributed by atoms with van der Waals surface area (Å²) in [5, 5.41) is 12.1. The molecule has 0 saturated heterocycles. The fraction of sp³-hybridized carbons (Fsp3) is 0.188. The Hall–Kier alpha value is -2.11. The summed E-state index contributed by atoms with van der Waals surface area (Å²) in [4.78, 5) is 0. The zero-order valence-electron chi connectivity index (χ0n) is 10.4. The van der Waals surface area contributed by atoms with Crippen LogP contribution in [0.15, 0.2) is 54.6 Å². The average molecular weight is 236 g/mol. The van der Waals surface area contributed by atoms with E-state index in [0.29, 0.717) is 11.6 Å². The van der Waals surface area contributed by atoms with Crippen LogP contribution in [0, 0.1) is 11.3 Å². The van der Waals surface area contributed by atoms with Crippen LogP contribution in [0.1, 0.15) is 22.7 Å². The summed E-state index contributed by atoms with van der Waals surface area (Å²) in [6.07, 6.45) is 0.923. The normalized spacial score (nSPS) is 11.8. The van der Waals surface area contributed by atoms with Crippen LogP contribution in [0.4, 0.5) is 0 Å². The second-order valence-corrected chi connectivity index (χ2v) is 4.26. The summed E-state index contributed by atoms with van der Waals surface area (Å²) < 4.78 is 0. The van der Waals surface area contributed by atoms with Crippen molar-refractivity contribution in [1.29, 1.82) is 5.26 Å². The molecule has 1 N–H and O–H groups in total. The number of hydrogen-bond acceptors (Lipinski definition) is 2. The van der Waals surface area contributed by atoms with Crippen molar-refractivity contribution in [3.63, 3.8) is 0 Å². The lowest BCUT2D eigenvalue weighted by Gasteiger charge is -2.16. The first-order valence-electron chi connectivity index (χ1n) is 6.04. The fourth-order valence-corrected chi connectivity index (χ4v) is 2.02. The van der Waals surface area contributed by atoms with E-state index in [1.54, 1.807) is 0 Å². The molecule has 0 amide bonds. The molecule has 18 heavy (non-hydrogen) atoms. The highest BCUT2D eigenvalue weighted by atomic mass is 14.9. The highest BCUT2D eigenvalue weighted by Gasteiger charge is 2.09. The quantitative estimate of drug-likeness (QED) is 0.885. The van der Waals surface area contributed by atoms with Gasteiger partial charge >= 0.3 is 0 Å². The van der Waals surface area contributed by atoms with Gasteiger partial charge in [0.05, 0.1) is 11.6 Å². The summed E-state index contributed by atoms with van der Waals surface area (Å²) >= 11 is 0. The van der Waals surface area contributed by atoms with Gasteiger partial charge in [-0.3, -0.25) is 0 Å². The van der Waals surface area contributed by atoms with E-state index in [-0.39, 0.29) is 0 Å². The lowest BCUT2D eigenvalue weighted by molar-refractivity contribution is 0.592. The molecule has 0 bridgehead atoms. The van der Waals surface area contributed by atoms with Crippen LogP contribution < -0.4 is 5.32 Å². The van der Waals surface area contributed by atoms with Crippen LogP contribution in [0.25, 0.3) is 0 Å². The molecule has 1 unspecified atom stereocenters. The van der Waals surface area contributed by atoms with Gasteiger partial charge in [0, 0.05) is 6.04 Å². The molecule has 0 aliphatic heterocycles. The molecular weight excluding hydrogens is 220 g/mol. The molecule has 0 saturated carbocycles.